The van der Waals surface area contributed by atoms with Crippen molar-refractivity contribution in [2.75, 3.05) is 7.05 Å². The summed E-state index contributed by atoms with van der Waals surface area (Å²) in [6.45, 7) is 7.79. The van der Waals surface area contributed by atoms with Gasteiger partial charge in [0.2, 0.25) is 0 Å². The predicted molar refractivity (Wildman–Crippen MR) is 81.3 cm³/mol. The first-order valence-electron chi connectivity index (χ1n) is 7.11. The Labute approximate surface area is 124 Å². The van der Waals surface area contributed by atoms with Crippen LogP contribution in [0.25, 0.3) is 0 Å². The highest BCUT2D eigenvalue weighted by Crippen LogP contribution is 2.32. The van der Waals surface area contributed by atoms with E-state index in [2.05, 4.69) is 10.4 Å². The minimum atomic E-state index is -0.225. The van der Waals surface area contributed by atoms with E-state index in [0.717, 1.165) is 5.56 Å². The molecule has 0 aliphatic heterocycles. The van der Waals surface area contributed by atoms with Crippen LogP contribution in [-0.2, 0) is 0 Å². The lowest BCUT2D eigenvalue weighted by Gasteiger charge is -2.17. The third-order valence-corrected chi connectivity index (χ3v) is 3.53. The third-order valence-electron chi connectivity index (χ3n) is 3.53. The number of aromatic nitrogens is 2. The molecule has 1 atom stereocenters. The van der Waals surface area contributed by atoms with Crippen LogP contribution in [0, 0.1) is 12.7 Å². The number of halogens is 1. The number of hydrogen-bond acceptors (Lipinski definition) is 3. The van der Waals surface area contributed by atoms with Crippen molar-refractivity contribution in [3.8, 4) is 11.5 Å². The molecule has 0 bridgehead atoms. The van der Waals surface area contributed by atoms with Crippen LogP contribution in [0.4, 0.5) is 4.39 Å². The van der Waals surface area contributed by atoms with Gasteiger partial charge in [0.05, 0.1) is 12.4 Å². The van der Waals surface area contributed by atoms with Gasteiger partial charge in [0, 0.05) is 17.6 Å². The topological polar surface area (TPSA) is 39.1 Å². The molecule has 2 rings (SSSR count). The van der Waals surface area contributed by atoms with Crippen molar-refractivity contribution in [3.05, 3.63) is 41.5 Å². The van der Waals surface area contributed by atoms with E-state index in [1.165, 1.54) is 6.07 Å². The van der Waals surface area contributed by atoms with Gasteiger partial charge in [-0.25, -0.2) is 4.39 Å². The van der Waals surface area contributed by atoms with E-state index in [0.29, 0.717) is 17.1 Å². The lowest BCUT2D eigenvalue weighted by atomic mass is 10.0. The molecule has 1 N–H and O–H groups in total. The van der Waals surface area contributed by atoms with Crippen LogP contribution in [0.2, 0.25) is 0 Å². The molecule has 2 aromatic rings. The van der Waals surface area contributed by atoms with Gasteiger partial charge in [-0.3, -0.25) is 4.68 Å². The van der Waals surface area contributed by atoms with Gasteiger partial charge in [-0.05, 0) is 52.4 Å². The van der Waals surface area contributed by atoms with Gasteiger partial charge < -0.3 is 10.1 Å². The Balaban J connectivity index is 2.35. The SMILES string of the molecule is CNC(C)c1cc(F)c(C)cc1Oc1cnn(C(C)C)c1. The fraction of sp³-hybridized carbons (Fsp3) is 0.438. The van der Waals surface area contributed by atoms with Gasteiger partial charge >= 0.3 is 0 Å². The largest absolute Gasteiger partial charge is 0.454 e. The average Bonchev–Trinajstić information content (AvgIpc) is 2.90. The lowest BCUT2D eigenvalue weighted by Crippen LogP contribution is -2.13. The molecule has 5 heteroatoms. The van der Waals surface area contributed by atoms with Gasteiger partial charge in [0.15, 0.2) is 5.75 Å². The Morgan fingerprint density at radius 2 is 2.00 bits per heavy atom. The van der Waals surface area contributed by atoms with Crippen LogP contribution in [0.5, 0.6) is 11.5 Å². The van der Waals surface area contributed by atoms with Gasteiger partial charge in [-0.2, -0.15) is 5.10 Å². The average molecular weight is 291 g/mol. The normalized spacial score (nSPS) is 12.7. The van der Waals surface area contributed by atoms with E-state index >= 15 is 0 Å². The lowest BCUT2D eigenvalue weighted by molar-refractivity contribution is 0.458. The molecule has 1 aromatic heterocycles. The van der Waals surface area contributed by atoms with Crippen LogP contribution < -0.4 is 10.1 Å². The monoisotopic (exact) mass is 291 g/mol. The molecule has 114 valence electrons. The van der Waals surface area contributed by atoms with Crippen LogP contribution in [0.1, 0.15) is 44.0 Å². The van der Waals surface area contributed by atoms with E-state index in [4.69, 9.17) is 4.74 Å². The molecular formula is C16H22FN3O. The maximum Gasteiger partial charge on any atom is 0.165 e. The van der Waals surface area contributed by atoms with Gasteiger partial charge in [0.25, 0.3) is 0 Å². The predicted octanol–water partition coefficient (Wildman–Crippen LogP) is 3.98. The molecule has 0 saturated carbocycles. The van der Waals surface area contributed by atoms with E-state index in [9.17, 15) is 4.39 Å². The Bertz CT molecular complexity index is 622. The summed E-state index contributed by atoms with van der Waals surface area (Å²) in [6.07, 6.45) is 3.52. The molecule has 1 unspecified atom stereocenters. The zero-order valence-electron chi connectivity index (χ0n) is 13.1. The van der Waals surface area contributed by atoms with Crippen LogP contribution in [0.15, 0.2) is 24.5 Å². The van der Waals surface area contributed by atoms with Crippen molar-refractivity contribution in [2.24, 2.45) is 0 Å². The molecule has 0 saturated heterocycles. The van der Waals surface area contributed by atoms with Crippen molar-refractivity contribution >= 4 is 0 Å². The molecular weight excluding hydrogens is 269 g/mol. The number of benzene rings is 1. The molecule has 0 spiro atoms. The fourth-order valence-electron chi connectivity index (χ4n) is 2.04. The van der Waals surface area contributed by atoms with E-state index in [-0.39, 0.29) is 17.9 Å². The number of aryl methyl sites for hydroxylation is 1. The summed E-state index contributed by atoms with van der Waals surface area (Å²) in [7, 11) is 1.84. The molecule has 0 aliphatic rings. The second-order valence-corrected chi connectivity index (χ2v) is 5.50. The van der Waals surface area contributed by atoms with E-state index < -0.39 is 0 Å². The molecule has 1 aromatic carbocycles. The Hall–Kier alpha value is -1.88. The molecule has 0 aliphatic carbocycles. The Morgan fingerprint density at radius 1 is 1.29 bits per heavy atom. The number of nitrogens with one attached hydrogen (secondary N) is 1. The molecule has 0 amide bonds. The highest BCUT2D eigenvalue weighted by atomic mass is 19.1. The molecule has 21 heavy (non-hydrogen) atoms. The molecule has 4 nitrogen and oxygen atoms in total. The minimum Gasteiger partial charge on any atom is -0.454 e. The zero-order valence-corrected chi connectivity index (χ0v) is 13.1. The van der Waals surface area contributed by atoms with Crippen molar-refractivity contribution in [3.63, 3.8) is 0 Å². The first-order valence-corrected chi connectivity index (χ1v) is 7.11. The van der Waals surface area contributed by atoms with Crippen molar-refractivity contribution < 1.29 is 9.13 Å². The van der Waals surface area contributed by atoms with Crippen LogP contribution >= 0.6 is 0 Å². The van der Waals surface area contributed by atoms with Crippen LogP contribution in [-0.4, -0.2) is 16.8 Å². The summed E-state index contributed by atoms with van der Waals surface area (Å²) < 4.78 is 21.5. The quantitative estimate of drug-likeness (QED) is 0.905. The number of hydrogen-bond donors (Lipinski definition) is 1. The standard InChI is InChI=1S/C16H22FN3O/c1-10(2)20-9-13(8-19-20)21-16-6-11(3)15(17)7-14(16)12(4)18-5/h6-10,12,18H,1-5H3. The van der Waals surface area contributed by atoms with Gasteiger partial charge in [0.1, 0.15) is 11.6 Å². The minimum absolute atomic E-state index is 0.00440. The molecule has 0 radical (unpaired) electrons. The van der Waals surface area contributed by atoms with E-state index in [1.807, 2.05) is 38.7 Å². The summed E-state index contributed by atoms with van der Waals surface area (Å²) in [4.78, 5) is 0. The fourth-order valence-corrected chi connectivity index (χ4v) is 2.04. The highest BCUT2D eigenvalue weighted by Gasteiger charge is 2.15. The highest BCUT2D eigenvalue weighted by molar-refractivity contribution is 5.42. The van der Waals surface area contributed by atoms with Gasteiger partial charge in [-0.1, -0.05) is 0 Å². The van der Waals surface area contributed by atoms with Crippen molar-refractivity contribution in [2.45, 2.75) is 39.8 Å². The molecule has 0 fully saturated rings. The Kier molecular flexibility index (Phi) is 4.63. The van der Waals surface area contributed by atoms with Crippen molar-refractivity contribution in [1.82, 2.24) is 15.1 Å². The van der Waals surface area contributed by atoms with Gasteiger partial charge in [-0.15, -0.1) is 0 Å². The second-order valence-electron chi connectivity index (χ2n) is 5.50. The maximum atomic E-state index is 13.8. The number of nitrogens with zero attached hydrogens (tertiary/aromatic N) is 2. The smallest absolute Gasteiger partial charge is 0.165 e. The summed E-state index contributed by atoms with van der Waals surface area (Å²) in [5, 5.41) is 7.36. The Morgan fingerprint density at radius 3 is 2.57 bits per heavy atom. The second kappa shape index (κ2) is 6.26. The number of ether oxygens (including phenoxy) is 1. The first-order chi connectivity index (χ1) is 9.92. The maximum absolute atomic E-state index is 13.8. The summed E-state index contributed by atoms with van der Waals surface area (Å²) in [5.41, 5.74) is 1.35. The van der Waals surface area contributed by atoms with Crippen LogP contribution in [0.3, 0.4) is 0 Å². The number of rotatable bonds is 5. The summed E-state index contributed by atoms with van der Waals surface area (Å²) in [6, 6.07) is 3.52. The summed E-state index contributed by atoms with van der Waals surface area (Å²) >= 11 is 0. The zero-order chi connectivity index (χ0) is 15.6. The molecule has 1 heterocycles. The summed E-state index contributed by atoms with van der Waals surface area (Å²) in [5.74, 6) is 1.08. The van der Waals surface area contributed by atoms with Crippen molar-refractivity contribution in [1.29, 1.82) is 0 Å². The van der Waals surface area contributed by atoms with E-state index in [1.54, 1.807) is 19.2 Å². The first kappa shape index (κ1) is 15.5. The third kappa shape index (κ3) is 3.42.